The molecule has 0 aliphatic rings. The van der Waals surface area contributed by atoms with Crippen molar-refractivity contribution in [2.24, 2.45) is 0 Å². The predicted molar refractivity (Wildman–Crippen MR) is 83.4 cm³/mol. The molecule has 0 radical (unpaired) electrons. The number of benzene rings is 1. The summed E-state index contributed by atoms with van der Waals surface area (Å²) in [6.45, 7) is 2.85. The van der Waals surface area contributed by atoms with Crippen molar-refractivity contribution in [2.45, 2.75) is 13.8 Å². The van der Waals surface area contributed by atoms with E-state index in [4.69, 9.17) is 14.2 Å². The topological polar surface area (TPSA) is 103 Å². The van der Waals surface area contributed by atoms with Crippen molar-refractivity contribution in [1.29, 1.82) is 0 Å². The number of nitrogens with one attached hydrogen (secondary N) is 2. The molecule has 23 heavy (non-hydrogen) atoms. The van der Waals surface area contributed by atoms with Crippen LogP contribution in [0.3, 0.4) is 0 Å². The van der Waals surface area contributed by atoms with Crippen molar-refractivity contribution in [3.8, 4) is 5.75 Å². The van der Waals surface area contributed by atoms with Crippen molar-refractivity contribution in [2.75, 3.05) is 37.6 Å². The maximum Gasteiger partial charge on any atom is 0.332 e. The van der Waals surface area contributed by atoms with E-state index in [9.17, 15) is 14.4 Å². The summed E-state index contributed by atoms with van der Waals surface area (Å²) in [6.07, 6.45) is 0. The Kier molecular flexibility index (Phi) is 7.55. The molecule has 126 valence electrons. The summed E-state index contributed by atoms with van der Waals surface area (Å²) >= 11 is 0. The Morgan fingerprint density at radius 1 is 1.13 bits per heavy atom. The van der Waals surface area contributed by atoms with Gasteiger partial charge in [0.2, 0.25) is 5.91 Å². The summed E-state index contributed by atoms with van der Waals surface area (Å²) in [7, 11) is 1.45. The molecule has 0 heterocycles. The zero-order valence-corrected chi connectivity index (χ0v) is 13.3. The Labute approximate surface area is 134 Å². The van der Waals surface area contributed by atoms with Gasteiger partial charge in [-0.1, -0.05) is 0 Å². The molecule has 0 spiro atoms. The molecule has 0 bridgehead atoms. The fourth-order valence-electron chi connectivity index (χ4n) is 1.65. The summed E-state index contributed by atoms with van der Waals surface area (Å²) in [5.41, 5.74) is 0.853. The number of ether oxygens (including phenoxy) is 3. The minimum atomic E-state index is -0.624. The maximum absolute atomic E-state index is 11.8. The maximum atomic E-state index is 11.8. The lowest BCUT2D eigenvalue weighted by molar-refractivity contribution is -0.151. The van der Waals surface area contributed by atoms with E-state index in [0.29, 0.717) is 23.7 Å². The van der Waals surface area contributed by atoms with E-state index in [1.54, 1.807) is 25.1 Å². The molecule has 8 nitrogen and oxygen atoms in total. The van der Waals surface area contributed by atoms with Crippen molar-refractivity contribution < 1.29 is 28.6 Å². The first-order valence-corrected chi connectivity index (χ1v) is 6.95. The van der Waals surface area contributed by atoms with E-state index in [2.05, 4.69) is 10.6 Å². The Bertz CT molecular complexity index is 573. The molecule has 0 saturated heterocycles. The molecule has 0 aliphatic carbocycles. The monoisotopic (exact) mass is 324 g/mol. The van der Waals surface area contributed by atoms with Crippen LogP contribution in [0.2, 0.25) is 0 Å². The molecule has 2 N–H and O–H groups in total. The van der Waals surface area contributed by atoms with Gasteiger partial charge in [0.15, 0.2) is 6.61 Å². The molecule has 8 heteroatoms. The number of carbonyl (C=O) groups is 3. The van der Waals surface area contributed by atoms with Crippen LogP contribution in [0.4, 0.5) is 11.4 Å². The van der Waals surface area contributed by atoms with Crippen LogP contribution in [0, 0.1) is 0 Å². The smallest absolute Gasteiger partial charge is 0.332 e. The van der Waals surface area contributed by atoms with Gasteiger partial charge in [0.1, 0.15) is 12.4 Å². The fraction of sp³-hybridized carbons (Fsp3) is 0.400. The van der Waals surface area contributed by atoms with Gasteiger partial charge in [0.05, 0.1) is 12.8 Å². The van der Waals surface area contributed by atoms with Gasteiger partial charge in [-0.15, -0.1) is 0 Å². The van der Waals surface area contributed by atoms with Gasteiger partial charge in [-0.3, -0.25) is 9.59 Å². The quantitative estimate of drug-likeness (QED) is 0.696. The molecule has 0 atom stereocenters. The molecule has 0 aliphatic heterocycles. The normalized spacial score (nSPS) is 9.87. The number of amides is 2. The number of carbonyl (C=O) groups excluding carboxylic acids is 3. The number of hydrogen-bond acceptors (Lipinski definition) is 6. The molecule has 1 aromatic carbocycles. The molecule has 0 saturated carbocycles. The first-order chi connectivity index (χ1) is 11.0. The lowest BCUT2D eigenvalue weighted by atomic mass is 10.2. The van der Waals surface area contributed by atoms with Crippen LogP contribution < -0.4 is 15.4 Å². The van der Waals surface area contributed by atoms with Crippen molar-refractivity contribution in [3.05, 3.63) is 18.2 Å². The molecule has 0 aromatic heterocycles. The third-order valence-corrected chi connectivity index (χ3v) is 2.58. The van der Waals surface area contributed by atoms with E-state index in [-0.39, 0.29) is 12.5 Å². The molecule has 0 fully saturated rings. The average molecular weight is 324 g/mol. The predicted octanol–water partition coefficient (Wildman–Crippen LogP) is 1.17. The number of esters is 1. The van der Waals surface area contributed by atoms with Crippen molar-refractivity contribution in [3.63, 3.8) is 0 Å². The number of rotatable bonds is 8. The highest BCUT2D eigenvalue weighted by atomic mass is 16.6. The Balaban J connectivity index is 2.65. The summed E-state index contributed by atoms with van der Waals surface area (Å²) < 4.78 is 14.8. The summed E-state index contributed by atoms with van der Waals surface area (Å²) in [5, 5.41) is 5.15. The van der Waals surface area contributed by atoms with Crippen LogP contribution in [-0.2, 0) is 23.9 Å². The fourth-order valence-corrected chi connectivity index (χ4v) is 1.65. The van der Waals surface area contributed by atoms with E-state index in [1.165, 1.54) is 14.0 Å². The highest BCUT2D eigenvalue weighted by Crippen LogP contribution is 2.27. The van der Waals surface area contributed by atoms with Crippen LogP contribution in [-0.4, -0.2) is 44.7 Å². The van der Waals surface area contributed by atoms with Gasteiger partial charge >= 0.3 is 5.97 Å². The van der Waals surface area contributed by atoms with Gasteiger partial charge in [0.25, 0.3) is 5.91 Å². The Morgan fingerprint density at radius 3 is 2.48 bits per heavy atom. The Hall–Kier alpha value is -2.61. The average Bonchev–Trinajstić information content (AvgIpc) is 2.50. The summed E-state index contributed by atoms with van der Waals surface area (Å²) in [4.78, 5) is 34.1. The molecule has 2 amide bonds. The molecular weight excluding hydrogens is 304 g/mol. The van der Waals surface area contributed by atoms with Gasteiger partial charge in [-0.2, -0.15) is 0 Å². The van der Waals surface area contributed by atoms with Crippen molar-refractivity contribution >= 4 is 29.2 Å². The SMILES string of the molecule is CCOCC(=O)OCC(=O)Nc1cc(NC(C)=O)ccc1OC. The third-order valence-electron chi connectivity index (χ3n) is 2.58. The second-order valence-corrected chi connectivity index (χ2v) is 4.44. The minimum absolute atomic E-state index is 0.203. The van der Waals surface area contributed by atoms with Crippen LogP contribution in [0.1, 0.15) is 13.8 Å². The Morgan fingerprint density at radius 2 is 1.87 bits per heavy atom. The van der Waals surface area contributed by atoms with Gasteiger partial charge in [-0.05, 0) is 25.1 Å². The lowest BCUT2D eigenvalue weighted by Gasteiger charge is -2.12. The van der Waals surface area contributed by atoms with Crippen molar-refractivity contribution in [1.82, 2.24) is 0 Å². The summed E-state index contributed by atoms with van der Waals surface area (Å²) in [6, 6.07) is 4.78. The zero-order valence-electron chi connectivity index (χ0n) is 13.3. The molecule has 1 aromatic rings. The number of methoxy groups -OCH3 is 1. The van der Waals surface area contributed by atoms with Crippen LogP contribution in [0.15, 0.2) is 18.2 Å². The molecular formula is C15H20N2O6. The van der Waals surface area contributed by atoms with Crippen LogP contribution in [0.5, 0.6) is 5.75 Å². The molecule has 1 rings (SSSR count). The second-order valence-electron chi connectivity index (χ2n) is 4.44. The molecule has 0 unspecified atom stereocenters. The first kappa shape index (κ1) is 18.4. The van der Waals surface area contributed by atoms with Crippen LogP contribution >= 0.6 is 0 Å². The van der Waals surface area contributed by atoms with E-state index in [1.807, 2.05) is 0 Å². The van der Waals surface area contributed by atoms with E-state index < -0.39 is 18.5 Å². The summed E-state index contributed by atoms with van der Waals surface area (Å²) in [5.74, 6) is -0.987. The highest BCUT2D eigenvalue weighted by Gasteiger charge is 2.11. The van der Waals surface area contributed by atoms with Gasteiger partial charge in [0, 0.05) is 19.2 Å². The van der Waals surface area contributed by atoms with E-state index >= 15 is 0 Å². The van der Waals surface area contributed by atoms with E-state index in [0.717, 1.165) is 0 Å². The number of anilines is 2. The first-order valence-electron chi connectivity index (χ1n) is 6.95. The van der Waals surface area contributed by atoms with Crippen LogP contribution in [0.25, 0.3) is 0 Å². The van der Waals surface area contributed by atoms with Gasteiger partial charge < -0.3 is 24.8 Å². The largest absolute Gasteiger partial charge is 0.495 e. The second kappa shape index (κ2) is 9.42. The third kappa shape index (κ3) is 6.79. The number of hydrogen-bond donors (Lipinski definition) is 2. The highest BCUT2D eigenvalue weighted by molar-refractivity contribution is 5.96. The zero-order chi connectivity index (χ0) is 17.2. The standard InChI is InChI=1S/C15H20N2O6/c1-4-22-9-15(20)23-8-14(19)17-12-7-11(16-10(2)18)5-6-13(12)21-3/h5-7H,4,8-9H2,1-3H3,(H,16,18)(H,17,19). The van der Waals surface area contributed by atoms with Gasteiger partial charge in [-0.25, -0.2) is 4.79 Å². The lowest BCUT2D eigenvalue weighted by Crippen LogP contribution is -2.23. The minimum Gasteiger partial charge on any atom is -0.495 e.